The van der Waals surface area contributed by atoms with Gasteiger partial charge in [-0.15, -0.1) is 12.4 Å². The van der Waals surface area contributed by atoms with Crippen LogP contribution in [0.4, 0.5) is 5.69 Å². The maximum atomic E-state index is 12.6. The van der Waals surface area contributed by atoms with Gasteiger partial charge >= 0.3 is 0 Å². The van der Waals surface area contributed by atoms with Gasteiger partial charge in [0.2, 0.25) is 5.91 Å². The zero-order valence-corrected chi connectivity index (χ0v) is 17.6. The number of rotatable bonds is 7. The van der Waals surface area contributed by atoms with Gasteiger partial charge in [-0.1, -0.05) is 61.7 Å². The molecule has 1 amide bonds. The summed E-state index contributed by atoms with van der Waals surface area (Å²) in [6.07, 6.45) is 6.27. The molecule has 0 radical (unpaired) electrons. The van der Waals surface area contributed by atoms with Crippen molar-refractivity contribution in [2.24, 2.45) is 5.73 Å². The van der Waals surface area contributed by atoms with Gasteiger partial charge in [0.15, 0.2) is 0 Å². The predicted molar refractivity (Wildman–Crippen MR) is 119 cm³/mol. The monoisotopic (exact) mass is 420 g/mol. The van der Waals surface area contributed by atoms with Gasteiger partial charge in [-0.25, -0.2) is 0 Å². The number of halogens is 1. The molecule has 0 aliphatic heterocycles. The van der Waals surface area contributed by atoms with Gasteiger partial charge in [0.25, 0.3) is 0 Å². The Morgan fingerprint density at radius 2 is 1.71 bits per heavy atom. The molecule has 1 aliphatic rings. The Hall–Kier alpha value is -1.69. The topological polar surface area (TPSA) is 72.2 Å². The van der Waals surface area contributed by atoms with Gasteiger partial charge in [-0.3, -0.25) is 9.00 Å². The molecule has 2 atom stereocenters. The Morgan fingerprint density at radius 1 is 1.04 bits per heavy atom. The zero-order valence-electron chi connectivity index (χ0n) is 16.0. The van der Waals surface area contributed by atoms with Crippen LogP contribution in [0.5, 0.6) is 0 Å². The molecular weight excluding hydrogens is 392 g/mol. The summed E-state index contributed by atoms with van der Waals surface area (Å²) < 4.78 is 12.6. The first-order valence-corrected chi connectivity index (χ1v) is 11.1. The third-order valence-electron chi connectivity index (χ3n) is 5.06. The number of hydrogen-bond donors (Lipinski definition) is 2. The standard InChI is InChI=1S/C22H28N2O2S.ClH/c23-21(15-17-8-3-1-4-9-17)22(25)24-19-11-7-10-18(14-19)16-27(26)20-12-5-2-6-13-20;/h1,3-4,7-11,14,20-21H,2,5-6,12-13,15-16,23H2,(H,24,25);1H/t21-,27?;/m0./s1. The largest absolute Gasteiger partial charge is 0.325 e. The molecule has 2 aromatic carbocycles. The fraction of sp³-hybridized carbons (Fsp3) is 0.409. The van der Waals surface area contributed by atoms with E-state index in [0.29, 0.717) is 23.1 Å². The average molecular weight is 421 g/mol. The second-order valence-corrected chi connectivity index (χ2v) is 8.99. The number of anilines is 1. The summed E-state index contributed by atoms with van der Waals surface area (Å²) in [4.78, 5) is 12.4. The number of benzene rings is 2. The molecule has 1 fully saturated rings. The lowest BCUT2D eigenvalue weighted by Crippen LogP contribution is -2.37. The van der Waals surface area contributed by atoms with Crippen molar-refractivity contribution in [1.82, 2.24) is 0 Å². The highest BCUT2D eigenvalue weighted by molar-refractivity contribution is 7.84. The van der Waals surface area contributed by atoms with E-state index in [4.69, 9.17) is 5.73 Å². The summed E-state index contributed by atoms with van der Waals surface area (Å²) in [5.41, 5.74) is 8.80. The molecule has 0 spiro atoms. The van der Waals surface area contributed by atoms with Crippen LogP contribution >= 0.6 is 12.4 Å². The molecule has 0 aromatic heterocycles. The van der Waals surface area contributed by atoms with Crippen LogP contribution < -0.4 is 11.1 Å². The zero-order chi connectivity index (χ0) is 19.1. The van der Waals surface area contributed by atoms with Gasteiger partial charge < -0.3 is 11.1 Å². The van der Waals surface area contributed by atoms with E-state index in [2.05, 4.69) is 5.32 Å². The first-order valence-electron chi connectivity index (χ1n) is 9.68. The van der Waals surface area contributed by atoms with E-state index in [9.17, 15) is 9.00 Å². The SMILES string of the molecule is Cl.N[C@@H](Cc1ccccc1)C(=O)Nc1cccc(CS(=O)C2CCCCC2)c1. The Bertz CT molecular complexity index is 779. The second-order valence-electron chi connectivity index (χ2n) is 7.27. The van der Waals surface area contributed by atoms with E-state index < -0.39 is 16.8 Å². The van der Waals surface area contributed by atoms with Crippen molar-refractivity contribution in [1.29, 1.82) is 0 Å². The normalized spacial score (nSPS) is 16.6. The Morgan fingerprint density at radius 3 is 2.43 bits per heavy atom. The fourth-order valence-corrected chi connectivity index (χ4v) is 5.15. The maximum Gasteiger partial charge on any atom is 0.241 e. The van der Waals surface area contributed by atoms with E-state index in [0.717, 1.165) is 24.0 Å². The Balaban J connectivity index is 0.00000280. The lowest BCUT2D eigenvalue weighted by Gasteiger charge is -2.21. The third-order valence-corrected chi connectivity index (χ3v) is 6.90. The highest BCUT2D eigenvalue weighted by Crippen LogP contribution is 2.24. The summed E-state index contributed by atoms with van der Waals surface area (Å²) in [7, 11) is -0.851. The molecular formula is C22H29ClN2O2S. The van der Waals surface area contributed by atoms with Crippen LogP contribution in [0.15, 0.2) is 54.6 Å². The summed E-state index contributed by atoms with van der Waals surface area (Å²) >= 11 is 0. The van der Waals surface area contributed by atoms with Crippen molar-refractivity contribution < 1.29 is 9.00 Å². The molecule has 1 unspecified atom stereocenters. The van der Waals surface area contributed by atoms with Crippen molar-refractivity contribution in [2.75, 3.05) is 5.32 Å². The second kappa shape index (κ2) is 11.3. The van der Waals surface area contributed by atoms with Crippen LogP contribution in [0.3, 0.4) is 0 Å². The highest BCUT2D eigenvalue weighted by Gasteiger charge is 2.20. The van der Waals surface area contributed by atoms with Gasteiger partial charge in [0.05, 0.1) is 6.04 Å². The molecule has 2 aromatic rings. The predicted octanol–water partition coefficient (Wildman–Crippen LogP) is 4.20. The molecule has 3 N–H and O–H groups in total. The third kappa shape index (κ3) is 6.73. The van der Waals surface area contributed by atoms with Crippen molar-refractivity contribution in [3.8, 4) is 0 Å². The van der Waals surface area contributed by atoms with Crippen molar-refractivity contribution in [3.05, 3.63) is 65.7 Å². The maximum absolute atomic E-state index is 12.6. The van der Waals surface area contributed by atoms with Crippen LogP contribution in [-0.2, 0) is 27.8 Å². The number of nitrogens with two attached hydrogens (primary N) is 1. The van der Waals surface area contributed by atoms with Crippen LogP contribution in [0.1, 0.15) is 43.2 Å². The fourth-order valence-electron chi connectivity index (χ4n) is 3.54. The van der Waals surface area contributed by atoms with E-state index in [1.807, 2.05) is 54.6 Å². The smallest absolute Gasteiger partial charge is 0.241 e. The van der Waals surface area contributed by atoms with Crippen molar-refractivity contribution >= 4 is 34.8 Å². The van der Waals surface area contributed by atoms with E-state index >= 15 is 0 Å². The Kier molecular flexibility index (Phi) is 9.16. The quantitative estimate of drug-likeness (QED) is 0.705. The molecule has 1 saturated carbocycles. The lowest BCUT2D eigenvalue weighted by atomic mass is 10.0. The Labute approximate surface area is 176 Å². The number of carbonyl (C=O) groups excluding carboxylic acids is 1. The van der Waals surface area contributed by atoms with Gasteiger partial charge in [0.1, 0.15) is 0 Å². The van der Waals surface area contributed by atoms with Crippen LogP contribution in [0.25, 0.3) is 0 Å². The van der Waals surface area contributed by atoms with E-state index in [1.165, 1.54) is 19.3 Å². The minimum Gasteiger partial charge on any atom is -0.325 e. The number of amides is 1. The molecule has 4 nitrogen and oxygen atoms in total. The van der Waals surface area contributed by atoms with Gasteiger partial charge in [0, 0.05) is 27.5 Å². The summed E-state index contributed by atoms with van der Waals surface area (Å²) in [5, 5.41) is 3.21. The average Bonchev–Trinajstić information content (AvgIpc) is 2.69. The molecule has 6 heteroatoms. The molecule has 28 heavy (non-hydrogen) atoms. The van der Waals surface area contributed by atoms with Gasteiger partial charge in [-0.05, 0) is 42.5 Å². The molecule has 1 aliphatic carbocycles. The van der Waals surface area contributed by atoms with Crippen LogP contribution in [-0.4, -0.2) is 21.4 Å². The molecule has 0 saturated heterocycles. The van der Waals surface area contributed by atoms with Gasteiger partial charge in [-0.2, -0.15) is 0 Å². The van der Waals surface area contributed by atoms with E-state index in [-0.39, 0.29) is 18.3 Å². The highest BCUT2D eigenvalue weighted by atomic mass is 35.5. The molecule has 0 bridgehead atoms. The first-order chi connectivity index (χ1) is 13.1. The summed E-state index contributed by atoms with van der Waals surface area (Å²) in [6.45, 7) is 0. The first kappa shape index (κ1) is 22.6. The minimum atomic E-state index is -0.851. The van der Waals surface area contributed by atoms with Crippen molar-refractivity contribution in [2.45, 2.75) is 55.6 Å². The van der Waals surface area contributed by atoms with Crippen molar-refractivity contribution in [3.63, 3.8) is 0 Å². The summed E-state index contributed by atoms with van der Waals surface area (Å²) in [5.74, 6) is 0.342. The molecule has 0 heterocycles. The number of nitrogens with one attached hydrogen (secondary N) is 1. The van der Waals surface area contributed by atoms with E-state index in [1.54, 1.807) is 0 Å². The molecule has 152 valence electrons. The minimum absolute atomic E-state index is 0. The van der Waals surface area contributed by atoms with Crippen LogP contribution in [0, 0.1) is 0 Å². The van der Waals surface area contributed by atoms with Crippen LogP contribution in [0.2, 0.25) is 0 Å². The summed E-state index contributed by atoms with van der Waals surface area (Å²) in [6, 6.07) is 16.8. The molecule has 3 rings (SSSR count). The number of carbonyl (C=O) groups is 1. The lowest BCUT2D eigenvalue weighted by molar-refractivity contribution is -0.117. The number of hydrogen-bond acceptors (Lipinski definition) is 3.